The lowest BCUT2D eigenvalue weighted by atomic mass is 9.86. The molecule has 0 radical (unpaired) electrons. The fraction of sp³-hybridized carbons (Fsp3) is 0.375. The molecule has 0 fully saturated rings. The van der Waals surface area contributed by atoms with Gasteiger partial charge in [-0.1, -0.05) is 44.5 Å². The second kappa shape index (κ2) is 5.80. The Morgan fingerprint density at radius 3 is 2.45 bits per heavy atom. The molecule has 1 aromatic heterocycles. The quantitative estimate of drug-likeness (QED) is 0.844. The third-order valence-corrected chi connectivity index (χ3v) is 3.21. The Hall–Kier alpha value is -1.61. The lowest BCUT2D eigenvalue weighted by Gasteiger charge is -2.23. The zero-order chi connectivity index (χ0) is 14.8. The molecule has 106 valence electrons. The highest BCUT2D eigenvalue weighted by atomic mass is 35.5. The van der Waals surface area contributed by atoms with E-state index in [2.05, 4.69) is 56.1 Å². The van der Waals surface area contributed by atoms with Crippen molar-refractivity contribution in [1.29, 1.82) is 0 Å². The molecule has 0 unspecified atom stereocenters. The summed E-state index contributed by atoms with van der Waals surface area (Å²) in [5.74, 6) is 0.897. The number of hydrogen-bond acceptors (Lipinski definition) is 3. The average molecular weight is 291 g/mol. The van der Waals surface area contributed by atoms with Crippen molar-refractivity contribution in [3.63, 3.8) is 0 Å². The number of halogens is 1. The van der Waals surface area contributed by atoms with Crippen LogP contribution in [0.2, 0.25) is 5.15 Å². The number of aromatic nitrogens is 2. The van der Waals surface area contributed by atoms with Gasteiger partial charge >= 0.3 is 0 Å². The number of benzene rings is 1. The zero-order valence-corrected chi connectivity index (χ0v) is 13.0. The van der Waals surface area contributed by atoms with Crippen molar-refractivity contribution in [2.75, 3.05) is 0 Å². The van der Waals surface area contributed by atoms with Crippen LogP contribution in [0.25, 0.3) is 0 Å². The molecule has 0 spiro atoms. The van der Waals surface area contributed by atoms with E-state index in [-0.39, 0.29) is 5.41 Å². The lowest BCUT2D eigenvalue weighted by Crippen LogP contribution is -2.14. The Bertz CT molecular complexity index is 588. The molecule has 0 aliphatic rings. The van der Waals surface area contributed by atoms with Crippen LogP contribution in [0.1, 0.15) is 37.6 Å². The number of aryl methyl sites for hydroxylation is 1. The highest BCUT2D eigenvalue weighted by molar-refractivity contribution is 6.29. The molecule has 0 atom stereocenters. The molecule has 0 amide bonds. The van der Waals surface area contributed by atoms with Crippen LogP contribution in [-0.4, -0.2) is 10.2 Å². The second-order valence-electron chi connectivity index (χ2n) is 5.89. The van der Waals surface area contributed by atoms with E-state index in [4.69, 9.17) is 16.3 Å². The summed E-state index contributed by atoms with van der Waals surface area (Å²) in [7, 11) is 0. The lowest BCUT2D eigenvalue weighted by molar-refractivity contribution is 0.291. The first-order valence-electron chi connectivity index (χ1n) is 6.58. The molecular weight excluding hydrogens is 272 g/mol. The first-order valence-corrected chi connectivity index (χ1v) is 6.96. The SMILES string of the molecule is Cc1ccc(C(C)(C)C)c(OCc2ccc(Cl)nn2)c1. The summed E-state index contributed by atoms with van der Waals surface area (Å²) in [6.45, 7) is 8.96. The first-order chi connectivity index (χ1) is 9.36. The van der Waals surface area contributed by atoms with Crippen molar-refractivity contribution < 1.29 is 4.74 Å². The molecule has 2 aromatic rings. The molecule has 0 aliphatic carbocycles. The monoisotopic (exact) mass is 290 g/mol. The van der Waals surface area contributed by atoms with E-state index in [1.807, 2.05) is 6.07 Å². The second-order valence-corrected chi connectivity index (χ2v) is 6.27. The normalized spacial score (nSPS) is 11.4. The van der Waals surface area contributed by atoms with Crippen LogP contribution in [0.5, 0.6) is 5.75 Å². The van der Waals surface area contributed by atoms with Gasteiger partial charge in [0.15, 0.2) is 5.15 Å². The van der Waals surface area contributed by atoms with Crippen LogP contribution in [0.3, 0.4) is 0 Å². The van der Waals surface area contributed by atoms with E-state index in [9.17, 15) is 0 Å². The molecule has 1 aromatic carbocycles. The van der Waals surface area contributed by atoms with E-state index in [1.54, 1.807) is 6.07 Å². The van der Waals surface area contributed by atoms with Gasteiger partial charge in [0.2, 0.25) is 0 Å². The topological polar surface area (TPSA) is 35.0 Å². The van der Waals surface area contributed by atoms with Gasteiger partial charge in [0.25, 0.3) is 0 Å². The molecule has 0 N–H and O–H groups in total. The summed E-state index contributed by atoms with van der Waals surface area (Å²) >= 11 is 5.72. The van der Waals surface area contributed by atoms with E-state index >= 15 is 0 Å². The summed E-state index contributed by atoms with van der Waals surface area (Å²) in [6.07, 6.45) is 0. The third kappa shape index (κ3) is 3.70. The summed E-state index contributed by atoms with van der Waals surface area (Å²) in [4.78, 5) is 0. The fourth-order valence-electron chi connectivity index (χ4n) is 1.94. The van der Waals surface area contributed by atoms with Gasteiger partial charge < -0.3 is 4.74 Å². The Labute approximate surface area is 125 Å². The smallest absolute Gasteiger partial charge is 0.151 e. The number of hydrogen-bond donors (Lipinski definition) is 0. The van der Waals surface area contributed by atoms with Crippen molar-refractivity contribution in [1.82, 2.24) is 10.2 Å². The molecule has 4 heteroatoms. The molecule has 0 saturated carbocycles. The predicted molar refractivity (Wildman–Crippen MR) is 81.3 cm³/mol. The van der Waals surface area contributed by atoms with Crippen molar-refractivity contribution in [2.24, 2.45) is 0 Å². The molecule has 0 aliphatic heterocycles. The van der Waals surface area contributed by atoms with Gasteiger partial charge in [-0.25, -0.2) is 0 Å². The number of ether oxygens (including phenoxy) is 1. The van der Waals surface area contributed by atoms with Crippen LogP contribution < -0.4 is 4.74 Å². The van der Waals surface area contributed by atoms with Crippen LogP contribution in [0.4, 0.5) is 0 Å². The molecule has 3 nitrogen and oxygen atoms in total. The van der Waals surface area contributed by atoms with Crippen molar-refractivity contribution in [3.05, 3.63) is 52.3 Å². The van der Waals surface area contributed by atoms with Crippen molar-refractivity contribution in [3.8, 4) is 5.75 Å². The molecule has 1 heterocycles. The summed E-state index contributed by atoms with van der Waals surface area (Å²) in [5.41, 5.74) is 3.16. The Morgan fingerprint density at radius 2 is 1.85 bits per heavy atom. The van der Waals surface area contributed by atoms with Crippen molar-refractivity contribution >= 4 is 11.6 Å². The zero-order valence-electron chi connectivity index (χ0n) is 12.3. The fourth-order valence-corrected chi connectivity index (χ4v) is 2.04. The van der Waals surface area contributed by atoms with E-state index in [0.29, 0.717) is 11.8 Å². The molecular formula is C16H19ClN2O. The van der Waals surface area contributed by atoms with E-state index < -0.39 is 0 Å². The Balaban J connectivity index is 2.20. The Morgan fingerprint density at radius 1 is 1.10 bits per heavy atom. The van der Waals surface area contributed by atoms with Gasteiger partial charge in [-0.05, 0) is 41.7 Å². The van der Waals surface area contributed by atoms with Gasteiger partial charge in [-0.15, -0.1) is 5.10 Å². The molecule has 0 bridgehead atoms. The van der Waals surface area contributed by atoms with Gasteiger partial charge in [0.05, 0.1) is 0 Å². The molecule has 0 saturated heterocycles. The minimum Gasteiger partial charge on any atom is -0.487 e. The Kier molecular flexibility index (Phi) is 4.29. The van der Waals surface area contributed by atoms with Crippen LogP contribution in [-0.2, 0) is 12.0 Å². The molecule has 2 rings (SSSR count). The number of rotatable bonds is 3. The number of nitrogens with zero attached hydrogens (tertiary/aromatic N) is 2. The summed E-state index contributed by atoms with van der Waals surface area (Å²) in [6, 6.07) is 9.83. The maximum absolute atomic E-state index is 5.92. The third-order valence-electron chi connectivity index (χ3n) is 3.01. The van der Waals surface area contributed by atoms with Gasteiger partial charge in [0.1, 0.15) is 18.1 Å². The van der Waals surface area contributed by atoms with Crippen LogP contribution in [0.15, 0.2) is 30.3 Å². The highest BCUT2D eigenvalue weighted by Crippen LogP contribution is 2.32. The van der Waals surface area contributed by atoms with Gasteiger partial charge in [0, 0.05) is 0 Å². The van der Waals surface area contributed by atoms with E-state index in [0.717, 1.165) is 11.4 Å². The minimum atomic E-state index is 0.0364. The summed E-state index contributed by atoms with van der Waals surface area (Å²) in [5, 5.41) is 8.20. The molecule has 20 heavy (non-hydrogen) atoms. The van der Waals surface area contributed by atoms with Crippen LogP contribution in [0, 0.1) is 6.92 Å². The maximum Gasteiger partial charge on any atom is 0.151 e. The minimum absolute atomic E-state index is 0.0364. The summed E-state index contributed by atoms with van der Waals surface area (Å²) < 4.78 is 5.92. The largest absolute Gasteiger partial charge is 0.487 e. The first kappa shape index (κ1) is 14.8. The van der Waals surface area contributed by atoms with Crippen molar-refractivity contribution in [2.45, 2.75) is 39.7 Å². The average Bonchev–Trinajstić information content (AvgIpc) is 2.36. The standard InChI is InChI=1S/C16H19ClN2O/c1-11-5-7-13(16(2,3)4)14(9-11)20-10-12-6-8-15(17)19-18-12/h5-9H,10H2,1-4H3. The van der Waals surface area contributed by atoms with Gasteiger partial charge in [-0.3, -0.25) is 0 Å². The predicted octanol–water partition coefficient (Wildman–Crippen LogP) is 4.31. The van der Waals surface area contributed by atoms with Crippen LogP contribution >= 0.6 is 11.6 Å². The van der Waals surface area contributed by atoms with Gasteiger partial charge in [-0.2, -0.15) is 5.10 Å². The highest BCUT2D eigenvalue weighted by Gasteiger charge is 2.19. The maximum atomic E-state index is 5.92. The van der Waals surface area contributed by atoms with E-state index in [1.165, 1.54) is 11.1 Å².